The Kier molecular flexibility index (Phi) is 4.97. The molecule has 1 aromatic carbocycles. The highest BCUT2D eigenvalue weighted by molar-refractivity contribution is 7.07. The van der Waals surface area contributed by atoms with Crippen molar-refractivity contribution in [2.45, 2.75) is 12.7 Å². The third-order valence-electron chi connectivity index (χ3n) is 2.52. The molecule has 2 rings (SSSR count). The molecule has 7 heteroatoms. The topological polar surface area (TPSA) is 34.1 Å². The van der Waals surface area contributed by atoms with Crippen molar-refractivity contribution in [3.8, 4) is 5.75 Å². The van der Waals surface area contributed by atoms with Crippen molar-refractivity contribution in [2.75, 3.05) is 13.2 Å². The number of ether oxygens (including phenoxy) is 1. The van der Waals surface area contributed by atoms with E-state index in [1.54, 1.807) is 5.51 Å². The fourth-order valence-corrected chi connectivity index (χ4v) is 2.08. The summed E-state index contributed by atoms with van der Waals surface area (Å²) in [7, 11) is 0. The zero-order valence-corrected chi connectivity index (χ0v) is 11.3. The van der Waals surface area contributed by atoms with Gasteiger partial charge in [0.1, 0.15) is 12.4 Å². The Hall–Kier alpha value is -1.60. The first-order valence-electron chi connectivity index (χ1n) is 5.93. The van der Waals surface area contributed by atoms with Gasteiger partial charge in [0.15, 0.2) is 0 Å². The van der Waals surface area contributed by atoms with E-state index in [1.807, 2.05) is 5.38 Å². The number of nitrogens with zero attached hydrogens (tertiary/aromatic N) is 1. The van der Waals surface area contributed by atoms with Gasteiger partial charge in [-0.25, -0.2) is 4.98 Å². The highest BCUT2D eigenvalue weighted by Gasteiger charge is 2.29. The van der Waals surface area contributed by atoms with E-state index in [2.05, 4.69) is 10.3 Å². The highest BCUT2D eigenvalue weighted by atomic mass is 32.1. The maximum Gasteiger partial charge on any atom is 0.416 e. The molecule has 1 N–H and O–H groups in total. The standard InChI is InChI=1S/C13H13F3N2OS/c14-13(15,16)10-1-3-12(4-2-10)19-6-5-17-7-11-8-20-9-18-11/h1-4,8-9,17H,5-7H2. The summed E-state index contributed by atoms with van der Waals surface area (Å²) in [6, 6.07) is 4.67. The molecule has 0 spiro atoms. The second kappa shape index (κ2) is 6.71. The van der Waals surface area contributed by atoms with Gasteiger partial charge in [0.2, 0.25) is 0 Å². The lowest BCUT2D eigenvalue weighted by atomic mass is 10.2. The molecule has 0 atom stereocenters. The molecule has 0 bridgehead atoms. The number of aromatic nitrogens is 1. The first kappa shape index (κ1) is 14.8. The largest absolute Gasteiger partial charge is 0.492 e. The molecule has 0 radical (unpaired) electrons. The molecule has 2 aromatic rings. The number of rotatable bonds is 6. The first-order chi connectivity index (χ1) is 9.55. The number of hydrogen-bond donors (Lipinski definition) is 1. The monoisotopic (exact) mass is 302 g/mol. The Bertz CT molecular complexity index is 511. The van der Waals surface area contributed by atoms with Crippen LogP contribution in [0, 0.1) is 0 Å². The Labute approximate surface area is 118 Å². The van der Waals surface area contributed by atoms with Crippen molar-refractivity contribution in [1.29, 1.82) is 0 Å². The minimum atomic E-state index is -4.31. The lowest BCUT2D eigenvalue weighted by Crippen LogP contribution is -2.20. The maximum atomic E-state index is 12.4. The Morgan fingerprint density at radius 2 is 1.95 bits per heavy atom. The van der Waals surface area contributed by atoms with Crippen LogP contribution in [0.15, 0.2) is 35.2 Å². The van der Waals surface area contributed by atoms with E-state index < -0.39 is 11.7 Å². The van der Waals surface area contributed by atoms with Gasteiger partial charge in [-0.2, -0.15) is 13.2 Å². The third kappa shape index (κ3) is 4.50. The first-order valence-corrected chi connectivity index (χ1v) is 6.88. The van der Waals surface area contributed by atoms with E-state index in [4.69, 9.17) is 4.74 Å². The van der Waals surface area contributed by atoms with Crippen molar-refractivity contribution >= 4 is 11.3 Å². The summed E-state index contributed by atoms with van der Waals surface area (Å²) in [5, 5.41) is 5.08. The lowest BCUT2D eigenvalue weighted by Gasteiger charge is -2.09. The van der Waals surface area contributed by atoms with Crippen LogP contribution in [0.1, 0.15) is 11.3 Å². The molecule has 0 aliphatic heterocycles. The minimum absolute atomic E-state index is 0.384. The highest BCUT2D eigenvalue weighted by Crippen LogP contribution is 2.30. The van der Waals surface area contributed by atoms with Crippen molar-refractivity contribution in [2.24, 2.45) is 0 Å². The predicted octanol–water partition coefficient (Wildman–Crippen LogP) is 3.33. The van der Waals surface area contributed by atoms with Gasteiger partial charge in [0.05, 0.1) is 16.8 Å². The zero-order chi connectivity index (χ0) is 14.4. The summed E-state index contributed by atoms with van der Waals surface area (Å²) in [6.07, 6.45) is -4.31. The SMILES string of the molecule is FC(F)(F)c1ccc(OCCNCc2cscn2)cc1. The quantitative estimate of drug-likeness (QED) is 0.831. The Balaban J connectivity index is 1.69. The number of alkyl halides is 3. The van der Waals surface area contributed by atoms with E-state index in [0.29, 0.717) is 25.4 Å². The molecule has 1 heterocycles. The van der Waals surface area contributed by atoms with Gasteiger partial charge < -0.3 is 10.1 Å². The number of halogens is 3. The second-order valence-corrected chi connectivity index (χ2v) is 4.75. The lowest BCUT2D eigenvalue weighted by molar-refractivity contribution is -0.137. The molecule has 20 heavy (non-hydrogen) atoms. The van der Waals surface area contributed by atoms with Gasteiger partial charge in [0.25, 0.3) is 0 Å². The number of nitrogens with one attached hydrogen (secondary N) is 1. The fraction of sp³-hybridized carbons (Fsp3) is 0.308. The molecule has 0 aliphatic rings. The minimum Gasteiger partial charge on any atom is -0.492 e. The molecule has 3 nitrogen and oxygen atoms in total. The zero-order valence-electron chi connectivity index (χ0n) is 10.5. The average Bonchev–Trinajstić information content (AvgIpc) is 2.91. The summed E-state index contributed by atoms with van der Waals surface area (Å²) in [5.41, 5.74) is 2.05. The molecule has 0 unspecified atom stereocenters. The Morgan fingerprint density at radius 1 is 1.20 bits per heavy atom. The molecule has 0 saturated carbocycles. The van der Waals surface area contributed by atoms with Gasteiger partial charge in [-0.3, -0.25) is 0 Å². The fourth-order valence-electron chi connectivity index (χ4n) is 1.52. The van der Waals surface area contributed by atoms with Crippen LogP contribution in [-0.4, -0.2) is 18.1 Å². The van der Waals surface area contributed by atoms with Crippen LogP contribution in [0.2, 0.25) is 0 Å². The Morgan fingerprint density at radius 3 is 2.55 bits per heavy atom. The summed E-state index contributed by atoms with van der Waals surface area (Å²) >= 11 is 1.53. The molecule has 0 amide bonds. The van der Waals surface area contributed by atoms with Gasteiger partial charge in [-0.15, -0.1) is 11.3 Å². The van der Waals surface area contributed by atoms with Crippen LogP contribution in [0.5, 0.6) is 5.75 Å². The molecule has 0 aliphatic carbocycles. The summed E-state index contributed by atoms with van der Waals surface area (Å²) in [6.45, 7) is 1.63. The average molecular weight is 302 g/mol. The van der Waals surface area contributed by atoms with Crippen molar-refractivity contribution in [3.63, 3.8) is 0 Å². The molecule has 0 saturated heterocycles. The van der Waals surface area contributed by atoms with Gasteiger partial charge >= 0.3 is 6.18 Å². The smallest absolute Gasteiger partial charge is 0.416 e. The van der Waals surface area contributed by atoms with Crippen LogP contribution in [0.3, 0.4) is 0 Å². The van der Waals surface area contributed by atoms with Crippen molar-refractivity contribution < 1.29 is 17.9 Å². The number of benzene rings is 1. The van der Waals surface area contributed by atoms with Gasteiger partial charge in [-0.05, 0) is 24.3 Å². The van der Waals surface area contributed by atoms with Crippen molar-refractivity contribution in [3.05, 3.63) is 46.4 Å². The summed E-state index contributed by atoms with van der Waals surface area (Å²) in [4.78, 5) is 4.11. The number of hydrogen-bond acceptors (Lipinski definition) is 4. The maximum absolute atomic E-state index is 12.4. The third-order valence-corrected chi connectivity index (χ3v) is 3.15. The molecular formula is C13H13F3N2OS. The van der Waals surface area contributed by atoms with Crippen LogP contribution in [0.25, 0.3) is 0 Å². The van der Waals surface area contributed by atoms with Crippen molar-refractivity contribution in [1.82, 2.24) is 10.3 Å². The van der Waals surface area contributed by atoms with Crippen LogP contribution in [0.4, 0.5) is 13.2 Å². The summed E-state index contributed by atoms with van der Waals surface area (Å²) < 4.78 is 42.4. The molecule has 1 aromatic heterocycles. The van der Waals surface area contributed by atoms with Crippen LogP contribution < -0.4 is 10.1 Å². The second-order valence-electron chi connectivity index (χ2n) is 4.03. The normalized spacial score (nSPS) is 11.6. The molecule has 108 valence electrons. The summed E-state index contributed by atoms with van der Waals surface area (Å²) in [5.74, 6) is 0.424. The van der Waals surface area contributed by atoms with Gasteiger partial charge in [0, 0.05) is 18.5 Å². The molecule has 0 fully saturated rings. The van der Waals surface area contributed by atoms with E-state index in [1.165, 1.54) is 23.5 Å². The van der Waals surface area contributed by atoms with E-state index in [0.717, 1.165) is 17.8 Å². The van der Waals surface area contributed by atoms with E-state index in [-0.39, 0.29) is 0 Å². The van der Waals surface area contributed by atoms with Crippen LogP contribution >= 0.6 is 11.3 Å². The molecular weight excluding hydrogens is 289 g/mol. The van der Waals surface area contributed by atoms with Gasteiger partial charge in [-0.1, -0.05) is 0 Å². The predicted molar refractivity (Wildman–Crippen MR) is 70.8 cm³/mol. The van der Waals surface area contributed by atoms with E-state index in [9.17, 15) is 13.2 Å². The number of thiazole rings is 1. The van der Waals surface area contributed by atoms with E-state index >= 15 is 0 Å². The van der Waals surface area contributed by atoms with Crippen LogP contribution in [-0.2, 0) is 12.7 Å².